The number of aromatic nitrogens is 1. The van der Waals surface area contributed by atoms with Crippen molar-refractivity contribution in [1.82, 2.24) is 9.88 Å². The van der Waals surface area contributed by atoms with Crippen molar-refractivity contribution in [3.8, 4) is 16.9 Å². The van der Waals surface area contributed by atoms with Gasteiger partial charge in [-0.15, -0.1) is 0 Å². The fourth-order valence-corrected chi connectivity index (χ4v) is 3.56. The summed E-state index contributed by atoms with van der Waals surface area (Å²) in [5.41, 5.74) is 1.73. The second-order valence-electron chi connectivity index (χ2n) is 6.86. The van der Waals surface area contributed by atoms with Crippen LogP contribution < -0.4 is 10.3 Å². The van der Waals surface area contributed by atoms with E-state index in [1.54, 1.807) is 12.3 Å². The molecule has 0 radical (unpaired) electrons. The maximum atomic E-state index is 12.4. The van der Waals surface area contributed by atoms with Gasteiger partial charge in [0, 0.05) is 25.4 Å². The number of ether oxygens (including phenoxy) is 1. The molecule has 1 fully saturated rings. The van der Waals surface area contributed by atoms with Gasteiger partial charge in [-0.1, -0.05) is 24.3 Å². The summed E-state index contributed by atoms with van der Waals surface area (Å²) in [6.07, 6.45) is 5.03. The molecule has 0 atom stereocenters. The van der Waals surface area contributed by atoms with Gasteiger partial charge in [-0.2, -0.15) is 0 Å². The molecule has 3 aromatic rings. The number of carbonyl (C=O) groups is 1. The zero-order chi connectivity index (χ0) is 18.6. The molecule has 138 valence electrons. The molecule has 5 nitrogen and oxygen atoms in total. The summed E-state index contributed by atoms with van der Waals surface area (Å²) < 4.78 is 5.85. The lowest BCUT2D eigenvalue weighted by atomic mass is 9.99. The van der Waals surface area contributed by atoms with Crippen LogP contribution in [0.1, 0.15) is 19.3 Å². The van der Waals surface area contributed by atoms with E-state index in [-0.39, 0.29) is 18.1 Å². The molecule has 0 spiro atoms. The molecule has 1 N–H and O–H groups in total. The predicted octanol–water partition coefficient (Wildman–Crippen LogP) is 3.59. The maximum absolute atomic E-state index is 12.4. The average molecular weight is 362 g/mol. The van der Waals surface area contributed by atoms with Gasteiger partial charge in [0.15, 0.2) is 6.61 Å². The number of piperidine rings is 1. The third kappa shape index (κ3) is 3.87. The minimum absolute atomic E-state index is 0.0356. The second kappa shape index (κ2) is 7.66. The summed E-state index contributed by atoms with van der Waals surface area (Å²) in [6, 6.07) is 15.2. The van der Waals surface area contributed by atoms with Crippen molar-refractivity contribution >= 4 is 16.7 Å². The second-order valence-corrected chi connectivity index (χ2v) is 6.86. The van der Waals surface area contributed by atoms with Crippen LogP contribution in [-0.2, 0) is 4.79 Å². The van der Waals surface area contributed by atoms with Crippen LogP contribution in [0.5, 0.6) is 5.75 Å². The Labute approximate surface area is 157 Å². The quantitative estimate of drug-likeness (QED) is 0.771. The van der Waals surface area contributed by atoms with Crippen LogP contribution in [0.25, 0.3) is 21.9 Å². The number of hydrogen-bond donors (Lipinski definition) is 1. The molecule has 1 aromatic heterocycles. The van der Waals surface area contributed by atoms with Gasteiger partial charge in [-0.05, 0) is 59.4 Å². The number of rotatable bonds is 4. The van der Waals surface area contributed by atoms with Crippen LogP contribution in [0.4, 0.5) is 0 Å². The number of benzene rings is 2. The van der Waals surface area contributed by atoms with Crippen LogP contribution >= 0.6 is 0 Å². The number of nitrogens with zero attached hydrogens (tertiary/aromatic N) is 1. The number of nitrogens with one attached hydrogen (secondary N) is 1. The van der Waals surface area contributed by atoms with Gasteiger partial charge in [0.2, 0.25) is 5.56 Å². The fourth-order valence-electron chi connectivity index (χ4n) is 3.56. The molecule has 0 saturated carbocycles. The lowest BCUT2D eigenvalue weighted by molar-refractivity contribution is -0.134. The molecular weight excluding hydrogens is 340 g/mol. The van der Waals surface area contributed by atoms with Gasteiger partial charge in [0.25, 0.3) is 5.91 Å². The van der Waals surface area contributed by atoms with Crippen LogP contribution in [0.3, 0.4) is 0 Å². The van der Waals surface area contributed by atoms with Crippen molar-refractivity contribution in [1.29, 1.82) is 0 Å². The molecule has 2 heterocycles. The molecule has 0 aliphatic carbocycles. The highest BCUT2D eigenvalue weighted by Crippen LogP contribution is 2.32. The average Bonchev–Trinajstić information content (AvgIpc) is 2.72. The molecule has 1 saturated heterocycles. The number of hydrogen-bond acceptors (Lipinski definition) is 3. The summed E-state index contributed by atoms with van der Waals surface area (Å²) in [4.78, 5) is 28.4. The molecule has 4 rings (SSSR count). The summed E-state index contributed by atoms with van der Waals surface area (Å²) in [5, 5.41) is 2.10. The predicted molar refractivity (Wildman–Crippen MR) is 106 cm³/mol. The molecule has 2 aromatic carbocycles. The van der Waals surface area contributed by atoms with Gasteiger partial charge in [0.05, 0.1) is 0 Å². The molecule has 1 aliphatic heterocycles. The third-order valence-corrected chi connectivity index (χ3v) is 5.00. The van der Waals surface area contributed by atoms with E-state index in [0.717, 1.165) is 47.8 Å². The Morgan fingerprint density at radius 3 is 2.63 bits per heavy atom. The molecule has 0 unspecified atom stereocenters. The first-order valence-electron chi connectivity index (χ1n) is 9.33. The first-order chi connectivity index (χ1) is 13.2. The summed E-state index contributed by atoms with van der Waals surface area (Å²) in [6.45, 7) is 1.69. The largest absolute Gasteiger partial charge is 0.484 e. The minimum atomic E-state index is -0.136. The Hall–Kier alpha value is -3.08. The zero-order valence-electron chi connectivity index (χ0n) is 15.1. The summed E-state index contributed by atoms with van der Waals surface area (Å²) in [7, 11) is 0. The van der Waals surface area contributed by atoms with Crippen molar-refractivity contribution in [3.63, 3.8) is 0 Å². The van der Waals surface area contributed by atoms with E-state index in [2.05, 4.69) is 4.98 Å². The van der Waals surface area contributed by atoms with Crippen molar-refractivity contribution in [3.05, 3.63) is 65.1 Å². The first-order valence-corrected chi connectivity index (χ1v) is 9.33. The standard InChI is InChI=1S/C22H22N2O3/c25-21-9-8-17(14-23-21)20-13-18(12-16-6-2-3-7-19(16)20)27-15-22(26)24-10-4-1-5-11-24/h2-3,6-9,12-14H,1,4-5,10-11,15H2,(H,23,25). The van der Waals surface area contributed by atoms with E-state index >= 15 is 0 Å². The molecule has 27 heavy (non-hydrogen) atoms. The Bertz CT molecular complexity index is 999. The van der Waals surface area contributed by atoms with E-state index in [1.807, 2.05) is 41.3 Å². The Kier molecular flexibility index (Phi) is 4.92. The van der Waals surface area contributed by atoms with Crippen LogP contribution in [0, 0.1) is 0 Å². The minimum Gasteiger partial charge on any atom is -0.484 e. The van der Waals surface area contributed by atoms with Crippen molar-refractivity contribution in [2.24, 2.45) is 0 Å². The highest BCUT2D eigenvalue weighted by molar-refractivity contribution is 5.97. The summed E-state index contributed by atoms with van der Waals surface area (Å²) in [5.74, 6) is 0.689. The lowest BCUT2D eigenvalue weighted by Crippen LogP contribution is -2.38. The number of likely N-dealkylation sites (tertiary alicyclic amines) is 1. The monoisotopic (exact) mass is 362 g/mol. The van der Waals surface area contributed by atoms with Crippen molar-refractivity contribution in [2.45, 2.75) is 19.3 Å². The van der Waals surface area contributed by atoms with Gasteiger partial charge in [-0.25, -0.2) is 0 Å². The van der Waals surface area contributed by atoms with Gasteiger partial charge >= 0.3 is 0 Å². The first kappa shape index (κ1) is 17.3. The summed E-state index contributed by atoms with van der Waals surface area (Å²) >= 11 is 0. The number of carbonyl (C=O) groups excluding carboxylic acids is 1. The topological polar surface area (TPSA) is 62.4 Å². The molecule has 0 bridgehead atoms. The van der Waals surface area contributed by atoms with Crippen LogP contribution in [0.15, 0.2) is 59.5 Å². The smallest absolute Gasteiger partial charge is 0.260 e. The van der Waals surface area contributed by atoms with Crippen molar-refractivity contribution in [2.75, 3.05) is 19.7 Å². The van der Waals surface area contributed by atoms with Crippen LogP contribution in [0.2, 0.25) is 0 Å². The SMILES string of the molecule is O=C(COc1cc(-c2ccc(=O)[nH]c2)c2ccccc2c1)N1CCCCC1. The van der Waals surface area contributed by atoms with E-state index in [9.17, 15) is 9.59 Å². The maximum Gasteiger partial charge on any atom is 0.260 e. The molecule has 5 heteroatoms. The molecular formula is C22H22N2O3. The fraction of sp³-hybridized carbons (Fsp3) is 0.273. The number of H-pyrrole nitrogens is 1. The van der Waals surface area contributed by atoms with Gasteiger partial charge < -0.3 is 14.6 Å². The number of amides is 1. The van der Waals surface area contributed by atoms with E-state index < -0.39 is 0 Å². The molecule has 1 amide bonds. The molecule has 1 aliphatic rings. The number of pyridine rings is 1. The Morgan fingerprint density at radius 1 is 1.04 bits per heavy atom. The normalized spacial score (nSPS) is 14.3. The van der Waals surface area contributed by atoms with E-state index in [4.69, 9.17) is 4.74 Å². The Morgan fingerprint density at radius 2 is 1.85 bits per heavy atom. The van der Waals surface area contributed by atoms with E-state index in [1.165, 1.54) is 12.5 Å². The highest BCUT2D eigenvalue weighted by atomic mass is 16.5. The Balaban J connectivity index is 1.62. The lowest BCUT2D eigenvalue weighted by Gasteiger charge is -2.26. The zero-order valence-corrected chi connectivity index (χ0v) is 15.1. The van der Waals surface area contributed by atoms with Crippen molar-refractivity contribution < 1.29 is 9.53 Å². The van der Waals surface area contributed by atoms with Crippen LogP contribution in [-0.4, -0.2) is 35.5 Å². The highest BCUT2D eigenvalue weighted by Gasteiger charge is 2.17. The number of fused-ring (bicyclic) bond motifs is 1. The van der Waals surface area contributed by atoms with Gasteiger partial charge in [-0.3, -0.25) is 9.59 Å². The van der Waals surface area contributed by atoms with E-state index in [0.29, 0.717) is 5.75 Å². The number of aromatic amines is 1. The third-order valence-electron chi connectivity index (χ3n) is 5.00. The van der Waals surface area contributed by atoms with Gasteiger partial charge in [0.1, 0.15) is 5.75 Å².